The quantitative estimate of drug-likeness (QED) is 0.787. The molecule has 0 aliphatic carbocycles. The zero-order valence-electron chi connectivity index (χ0n) is 8.50. The number of aryl methyl sites for hydroxylation is 1. The molecule has 0 saturated heterocycles. The van der Waals surface area contributed by atoms with Crippen LogP contribution < -0.4 is 10.5 Å². The van der Waals surface area contributed by atoms with E-state index >= 15 is 0 Å². The van der Waals surface area contributed by atoms with Gasteiger partial charge < -0.3 is 15.2 Å². The van der Waals surface area contributed by atoms with Crippen molar-refractivity contribution in [3.8, 4) is 5.75 Å². The molecule has 0 amide bonds. The Balaban J connectivity index is 3.19. The molecule has 14 heavy (non-hydrogen) atoms. The summed E-state index contributed by atoms with van der Waals surface area (Å²) in [4.78, 5) is 0. The van der Waals surface area contributed by atoms with E-state index in [1.165, 1.54) is 7.11 Å². The van der Waals surface area contributed by atoms with Crippen LogP contribution in [-0.4, -0.2) is 14.2 Å². The Morgan fingerprint density at radius 2 is 2.00 bits per heavy atom. The van der Waals surface area contributed by atoms with Crippen molar-refractivity contribution in [1.82, 2.24) is 0 Å². The average molecular weight is 216 g/mol. The van der Waals surface area contributed by atoms with Crippen LogP contribution in [0.2, 0.25) is 5.02 Å². The standard InChI is InChI=1S/C10H14ClNO2/c1-6-4-9(13-2)7(5-8(6)11)10(12)14-3/h4-5,10H,12H2,1-3H3. The van der Waals surface area contributed by atoms with Crippen LogP contribution in [0.3, 0.4) is 0 Å². The van der Waals surface area contributed by atoms with Crippen molar-refractivity contribution in [1.29, 1.82) is 0 Å². The van der Waals surface area contributed by atoms with E-state index in [-0.39, 0.29) is 0 Å². The van der Waals surface area contributed by atoms with Crippen molar-refractivity contribution in [3.05, 3.63) is 28.3 Å². The van der Waals surface area contributed by atoms with Gasteiger partial charge in [0.2, 0.25) is 0 Å². The Labute approximate surface area is 88.8 Å². The molecule has 1 aromatic carbocycles. The second-order valence-electron chi connectivity index (χ2n) is 3.00. The molecule has 0 aromatic heterocycles. The molecule has 0 spiro atoms. The van der Waals surface area contributed by atoms with Gasteiger partial charge in [-0.3, -0.25) is 0 Å². The molecule has 0 bridgehead atoms. The first kappa shape index (κ1) is 11.3. The monoisotopic (exact) mass is 215 g/mol. The van der Waals surface area contributed by atoms with Crippen molar-refractivity contribution in [3.63, 3.8) is 0 Å². The molecular weight excluding hydrogens is 202 g/mol. The molecule has 1 atom stereocenters. The summed E-state index contributed by atoms with van der Waals surface area (Å²) in [6.07, 6.45) is -0.511. The van der Waals surface area contributed by atoms with Crippen LogP contribution in [0, 0.1) is 6.92 Å². The molecule has 0 fully saturated rings. The number of hydrogen-bond acceptors (Lipinski definition) is 3. The predicted octanol–water partition coefficient (Wildman–Crippen LogP) is 2.26. The Morgan fingerprint density at radius 1 is 1.36 bits per heavy atom. The van der Waals surface area contributed by atoms with E-state index in [2.05, 4.69) is 0 Å². The summed E-state index contributed by atoms with van der Waals surface area (Å²) in [5.74, 6) is 0.696. The highest BCUT2D eigenvalue weighted by atomic mass is 35.5. The minimum absolute atomic E-state index is 0.511. The summed E-state index contributed by atoms with van der Waals surface area (Å²) >= 11 is 5.98. The highest BCUT2D eigenvalue weighted by Gasteiger charge is 2.13. The summed E-state index contributed by atoms with van der Waals surface area (Å²) in [6.45, 7) is 1.91. The molecule has 0 aliphatic rings. The number of nitrogens with two attached hydrogens (primary N) is 1. The van der Waals surface area contributed by atoms with Crippen molar-refractivity contribution in [2.24, 2.45) is 5.73 Å². The smallest absolute Gasteiger partial charge is 0.135 e. The highest BCUT2D eigenvalue weighted by molar-refractivity contribution is 6.31. The Hall–Kier alpha value is -0.770. The molecule has 2 N–H and O–H groups in total. The molecule has 0 radical (unpaired) electrons. The maximum Gasteiger partial charge on any atom is 0.135 e. The second-order valence-corrected chi connectivity index (χ2v) is 3.41. The molecule has 0 heterocycles. The number of methoxy groups -OCH3 is 2. The summed E-state index contributed by atoms with van der Waals surface area (Å²) in [7, 11) is 3.13. The second kappa shape index (κ2) is 4.64. The van der Waals surface area contributed by atoms with E-state index in [0.717, 1.165) is 11.1 Å². The van der Waals surface area contributed by atoms with Crippen LogP contribution in [0.4, 0.5) is 0 Å². The van der Waals surface area contributed by atoms with Crippen LogP contribution in [-0.2, 0) is 4.74 Å². The number of halogens is 1. The van der Waals surface area contributed by atoms with Crippen LogP contribution in [0.5, 0.6) is 5.75 Å². The van der Waals surface area contributed by atoms with Gasteiger partial charge in [0.1, 0.15) is 12.0 Å². The zero-order valence-corrected chi connectivity index (χ0v) is 9.26. The van der Waals surface area contributed by atoms with Gasteiger partial charge in [-0.25, -0.2) is 0 Å². The van der Waals surface area contributed by atoms with E-state index in [9.17, 15) is 0 Å². The Morgan fingerprint density at radius 3 is 2.50 bits per heavy atom. The molecule has 0 aliphatic heterocycles. The lowest BCUT2D eigenvalue weighted by Gasteiger charge is -2.15. The average Bonchev–Trinajstić information content (AvgIpc) is 2.20. The molecular formula is C10H14ClNO2. The topological polar surface area (TPSA) is 44.5 Å². The summed E-state index contributed by atoms with van der Waals surface area (Å²) < 4.78 is 10.2. The third kappa shape index (κ3) is 2.18. The normalized spacial score (nSPS) is 12.6. The minimum atomic E-state index is -0.511. The van der Waals surface area contributed by atoms with E-state index in [0.29, 0.717) is 10.8 Å². The fourth-order valence-corrected chi connectivity index (χ4v) is 1.37. The van der Waals surface area contributed by atoms with E-state index in [4.69, 9.17) is 26.8 Å². The van der Waals surface area contributed by atoms with Gasteiger partial charge in [0.05, 0.1) is 7.11 Å². The van der Waals surface area contributed by atoms with E-state index in [1.54, 1.807) is 13.2 Å². The fourth-order valence-electron chi connectivity index (χ4n) is 1.20. The van der Waals surface area contributed by atoms with Gasteiger partial charge >= 0.3 is 0 Å². The van der Waals surface area contributed by atoms with Gasteiger partial charge in [-0.15, -0.1) is 0 Å². The van der Waals surface area contributed by atoms with Crippen LogP contribution in [0.25, 0.3) is 0 Å². The predicted molar refractivity (Wildman–Crippen MR) is 56.7 cm³/mol. The number of ether oxygens (including phenoxy) is 2. The SMILES string of the molecule is COc1cc(C)c(Cl)cc1C(N)OC. The van der Waals surface area contributed by atoms with Gasteiger partial charge in [0, 0.05) is 17.7 Å². The number of rotatable bonds is 3. The van der Waals surface area contributed by atoms with E-state index in [1.807, 2.05) is 13.0 Å². The molecule has 0 saturated carbocycles. The van der Waals surface area contributed by atoms with Gasteiger partial charge in [-0.1, -0.05) is 11.6 Å². The third-order valence-electron chi connectivity index (χ3n) is 2.07. The Kier molecular flexibility index (Phi) is 3.75. The van der Waals surface area contributed by atoms with Crippen molar-refractivity contribution in [2.75, 3.05) is 14.2 Å². The highest BCUT2D eigenvalue weighted by Crippen LogP contribution is 2.30. The van der Waals surface area contributed by atoms with Gasteiger partial charge in [-0.2, -0.15) is 0 Å². The summed E-state index contributed by atoms with van der Waals surface area (Å²) in [6, 6.07) is 3.61. The molecule has 3 nitrogen and oxygen atoms in total. The van der Waals surface area contributed by atoms with Crippen molar-refractivity contribution in [2.45, 2.75) is 13.2 Å². The maximum atomic E-state index is 5.98. The summed E-state index contributed by atoms with van der Waals surface area (Å²) in [5.41, 5.74) is 7.44. The number of benzene rings is 1. The molecule has 1 aromatic rings. The maximum absolute atomic E-state index is 5.98. The van der Waals surface area contributed by atoms with Crippen molar-refractivity contribution < 1.29 is 9.47 Å². The first-order chi connectivity index (χ1) is 6.60. The molecule has 1 unspecified atom stereocenters. The lowest BCUT2D eigenvalue weighted by atomic mass is 10.1. The van der Waals surface area contributed by atoms with Gasteiger partial charge in [-0.05, 0) is 24.6 Å². The fraction of sp³-hybridized carbons (Fsp3) is 0.400. The lowest BCUT2D eigenvalue weighted by molar-refractivity contribution is 0.107. The van der Waals surface area contributed by atoms with Crippen molar-refractivity contribution >= 4 is 11.6 Å². The first-order valence-corrected chi connectivity index (χ1v) is 4.60. The summed E-state index contributed by atoms with van der Waals surface area (Å²) in [5, 5.41) is 0.660. The zero-order chi connectivity index (χ0) is 10.7. The molecule has 1 rings (SSSR count). The lowest BCUT2D eigenvalue weighted by Crippen LogP contribution is -2.13. The minimum Gasteiger partial charge on any atom is -0.496 e. The first-order valence-electron chi connectivity index (χ1n) is 4.22. The van der Waals surface area contributed by atoms with Crippen LogP contribution >= 0.6 is 11.6 Å². The van der Waals surface area contributed by atoms with Crippen LogP contribution in [0.1, 0.15) is 17.4 Å². The van der Waals surface area contributed by atoms with Gasteiger partial charge in [0.25, 0.3) is 0 Å². The van der Waals surface area contributed by atoms with Gasteiger partial charge in [0.15, 0.2) is 0 Å². The third-order valence-corrected chi connectivity index (χ3v) is 2.48. The number of hydrogen-bond donors (Lipinski definition) is 1. The largest absolute Gasteiger partial charge is 0.496 e. The van der Waals surface area contributed by atoms with E-state index < -0.39 is 6.23 Å². The van der Waals surface area contributed by atoms with Crippen LogP contribution in [0.15, 0.2) is 12.1 Å². The molecule has 78 valence electrons. The molecule has 4 heteroatoms. The Bertz CT molecular complexity index is 328.